The molecule has 7 nitrogen and oxygen atoms in total. The summed E-state index contributed by atoms with van der Waals surface area (Å²) in [6.45, 7) is 6.17. The van der Waals surface area contributed by atoms with Gasteiger partial charge in [0, 0.05) is 5.56 Å². The van der Waals surface area contributed by atoms with Gasteiger partial charge in [-0.1, -0.05) is 13.8 Å². The highest BCUT2D eigenvalue weighted by Crippen LogP contribution is 2.27. The van der Waals surface area contributed by atoms with Crippen LogP contribution in [0.1, 0.15) is 32.3 Å². The first-order valence-electron chi connectivity index (χ1n) is 5.81. The summed E-state index contributed by atoms with van der Waals surface area (Å²) in [5.74, 6) is 6.38. The van der Waals surface area contributed by atoms with Crippen LogP contribution in [0.3, 0.4) is 0 Å². The lowest BCUT2D eigenvalue weighted by molar-refractivity contribution is -0.140. The SMILES string of the molecule is CCOC(=O)CNc1ncnc(NN)c1C(C)C. The van der Waals surface area contributed by atoms with E-state index in [1.165, 1.54) is 6.33 Å². The number of carbonyl (C=O) groups excluding carboxylic acids is 1. The average Bonchev–Trinajstić information content (AvgIpc) is 2.35. The lowest BCUT2D eigenvalue weighted by Crippen LogP contribution is -2.20. The number of rotatable bonds is 6. The minimum absolute atomic E-state index is 0.0641. The first kappa shape index (κ1) is 14.2. The summed E-state index contributed by atoms with van der Waals surface area (Å²) >= 11 is 0. The number of nitrogen functional groups attached to an aromatic ring is 1. The third-order valence-corrected chi connectivity index (χ3v) is 2.30. The Labute approximate surface area is 106 Å². The smallest absolute Gasteiger partial charge is 0.325 e. The predicted molar refractivity (Wildman–Crippen MR) is 69.1 cm³/mol. The molecule has 100 valence electrons. The van der Waals surface area contributed by atoms with Gasteiger partial charge in [-0.15, -0.1) is 0 Å². The summed E-state index contributed by atoms with van der Waals surface area (Å²) in [5, 5.41) is 2.93. The normalized spacial score (nSPS) is 10.3. The third-order valence-electron chi connectivity index (χ3n) is 2.30. The topological polar surface area (TPSA) is 102 Å². The van der Waals surface area contributed by atoms with Crippen molar-refractivity contribution in [3.8, 4) is 0 Å². The first-order valence-corrected chi connectivity index (χ1v) is 5.81. The Morgan fingerprint density at radius 3 is 2.67 bits per heavy atom. The Kier molecular flexibility index (Phi) is 5.31. The molecule has 7 heteroatoms. The summed E-state index contributed by atoms with van der Waals surface area (Å²) in [5.41, 5.74) is 3.36. The van der Waals surface area contributed by atoms with Crippen molar-refractivity contribution in [3.63, 3.8) is 0 Å². The molecule has 0 bridgehead atoms. The Balaban J connectivity index is 2.84. The monoisotopic (exact) mass is 253 g/mol. The van der Waals surface area contributed by atoms with Gasteiger partial charge < -0.3 is 15.5 Å². The highest BCUT2D eigenvalue weighted by molar-refractivity contribution is 5.75. The fourth-order valence-electron chi connectivity index (χ4n) is 1.57. The van der Waals surface area contributed by atoms with Gasteiger partial charge in [-0.2, -0.15) is 0 Å². The Morgan fingerprint density at radius 2 is 2.11 bits per heavy atom. The third kappa shape index (κ3) is 3.56. The second-order valence-corrected chi connectivity index (χ2v) is 3.94. The van der Waals surface area contributed by atoms with Crippen LogP contribution >= 0.6 is 0 Å². The molecule has 0 saturated carbocycles. The van der Waals surface area contributed by atoms with E-state index in [2.05, 4.69) is 20.7 Å². The highest BCUT2D eigenvalue weighted by Gasteiger charge is 2.15. The van der Waals surface area contributed by atoms with E-state index in [4.69, 9.17) is 10.6 Å². The van der Waals surface area contributed by atoms with Crippen LogP contribution < -0.4 is 16.6 Å². The van der Waals surface area contributed by atoms with E-state index in [-0.39, 0.29) is 18.4 Å². The number of esters is 1. The standard InChI is InChI=1S/C11H19N5O2/c1-4-18-8(17)5-13-10-9(7(2)3)11(16-12)15-6-14-10/h6-7H,4-5,12H2,1-3H3,(H2,13,14,15,16). The number of hydrazine groups is 1. The van der Waals surface area contributed by atoms with E-state index < -0.39 is 0 Å². The Hall–Kier alpha value is -1.89. The molecule has 1 aromatic rings. The van der Waals surface area contributed by atoms with Gasteiger partial charge in [0.2, 0.25) is 0 Å². The maximum absolute atomic E-state index is 11.3. The molecule has 1 heterocycles. The molecule has 0 fully saturated rings. The van der Waals surface area contributed by atoms with Gasteiger partial charge in [0.25, 0.3) is 0 Å². The maximum Gasteiger partial charge on any atom is 0.325 e. The average molecular weight is 253 g/mol. The zero-order valence-corrected chi connectivity index (χ0v) is 10.9. The second kappa shape index (κ2) is 6.75. The molecule has 1 aromatic heterocycles. The van der Waals surface area contributed by atoms with Gasteiger partial charge in [0.15, 0.2) is 0 Å². The van der Waals surface area contributed by atoms with Crippen molar-refractivity contribution in [1.82, 2.24) is 9.97 Å². The highest BCUT2D eigenvalue weighted by atomic mass is 16.5. The van der Waals surface area contributed by atoms with Crippen molar-refractivity contribution < 1.29 is 9.53 Å². The van der Waals surface area contributed by atoms with Crippen LogP contribution in [-0.4, -0.2) is 29.1 Å². The van der Waals surface area contributed by atoms with E-state index in [1.807, 2.05) is 13.8 Å². The number of anilines is 2. The molecular formula is C11H19N5O2. The minimum atomic E-state index is -0.326. The van der Waals surface area contributed by atoms with Gasteiger partial charge in [0.05, 0.1) is 6.61 Å². The van der Waals surface area contributed by atoms with Crippen molar-refractivity contribution in [3.05, 3.63) is 11.9 Å². The summed E-state index contributed by atoms with van der Waals surface area (Å²) in [4.78, 5) is 19.4. The van der Waals surface area contributed by atoms with Crippen molar-refractivity contribution in [2.24, 2.45) is 5.84 Å². The van der Waals surface area contributed by atoms with Gasteiger partial charge in [-0.3, -0.25) is 4.79 Å². The molecule has 0 saturated heterocycles. The molecule has 0 spiro atoms. The van der Waals surface area contributed by atoms with Crippen molar-refractivity contribution >= 4 is 17.6 Å². The van der Waals surface area contributed by atoms with Crippen LogP contribution in [0.25, 0.3) is 0 Å². The number of nitrogens with two attached hydrogens (primary N) is 1. The first-order chi connectivity index (χ1) is 8.60. The molecule has 0 atom stereocenters. The summed E-state index contributed by atoms with van der Waals surface area (Å²) in [6, 6.07) is 0. The van der Waals surface area contributed by atoms with E-state index in [0.29, 0.717) is 18.2 Å². The number of hydrogen-bond acceptors (Lipinski definition) is 7. The van der Waals surface area contributed by atoms with Crippen LogP contribution in [0.4, 0.5) is 11.6 Å². The van der Waals surface area contributed by atoms with E-state index >= 15 is 0 Å². The minimum Gasteiger partial charge on any atom is -0.465 e. The maximum atomic E-state index is 11.3. The largest absolute Gasteiger partial charge is 0.465 e. The van der Waals surface area contributed by atoms with E-state index in [0.717, 1.165) is 5.56 Å². The molecule has 0 aliphatic heterocycles. The number of ether oxygens (including phenoxy) is 1. The van der Waals surface area contributed by atoms with Crippen LogP contribution in [0, 0.1) is 0 Å². The number of hydrogen-bond donors (Lipinski definition) is 3. The van der Waals surface area contributed by atoms with E-state index in [1.54, 1.807) is 6.92 Å². The molecule has 18 heavy (non-hydrogen) atoms. The van der Waals surface area contributed by atoms with Crippen molar-refractivity contribution in [1.29, 1.82) is 0 Å². The molecule has 0 aliphatic carbocycles. The number of nitrogens with one attached hydrogen (secondary N) is 2. The molecule has 1 rings (SSSR count). The number of carbonyl (C=O) groups is 1. The lowest BCUT2D eigenvalue weighted by atomic mass is 10.0. The van der Waals surface area contributed by atoms with E-state index in [9.17, 15) is 4.79 Å². The van der Waals surface area contributed by atoms with Crippen LogP contribution in [0.5, 0.6) is 0 Å². The molecule has 0 aliphatic rings. The van der Waals surface area contributed by atoms with Crippen LogP contribution in [-0.2, 0) is 9.53 Å². The summed E-state index contributed by atoms with van der Waals surface area (Å²) in [6.07, 6.45) is 1.38. The summed E-state index contributed by atoms with van der Waals surface area (Å²) < 4.78 is 4.84. The Morgan fingerprint density at radius 1 is 1.44 bits per heavy atom. The fourth-order valence-corrected chi connectivity index (χ4v) is 1.57. The molecule has 0 unspecified atom stereocenters. The molecule has 4 N–H and O–H groups in total. The molecule has 0 radical (unpaired) electrons. The lowest BCUT2D eigenvalue weighted by Gasteiger charge is -2.15. The van der Waals surface area contributed by atoms with Gasteiger partial charge in [-0.05, 0) is 12.8 Å². The molecular weight excluding hydrogens is 234 g/mol. The van der Waals surface area contributed by atoms with Crippen molar-refractivity contribution in [2.45, 2.75) is 26.7 Å². The second-order valence-electron chi connectivity index (χ2n) is 3.94. The summed E-state index contributed by atoms with van der Waals surface area (Å²) in [7, 11) is 0. The Bertz CT molecular complexity index is 408. The molecule has 0 amide bonds. The fraction of sp³-hybridized carbons (Fsp3) is 0.545. The zero-order valence-electron chi connectivity index (χ0n) is 10.9. The zero-order chi connectivity index (χ0) is 13.5. The molecule has 0 aromatic carbocycles. The van der Waals surface area contributed by atoms with Crippen LogP contribution in [0.15, 0.2) is 6.33 Å². The quantitative estimate of drug-likeness (QED) is 0.392. The number of aromatic nitrogens is 2. The van der Waals surface area contributed by atoms with Gasteiger partial charge in [-0.25, -0.2) is 15.8 Å². The van der Waals surface area contributed by atoms with Crippen LogP contribution in [0.2, 0.25) is 0 Å². The van der Waals surface area contributed by atoms with Gasteiger partial charge >= 0.3 is 5.97 Å². The number of nitrogens with zero attached hydrogens (tertiary/aromatic N) is 2. The van der Waals surface area contributed by atoms with Crippen molar-refractivity contribution in [2.75, 3.05) is 23.9 Å². The predicted octanol–water partition coefficient (Wildman–Crippen LogP) is 0.861. The van der Waals surface area contributed by atoms with Gasteiger partial charge in [0.1, 0.15) is 24.5 Å².